The zero-order chi connectivity index (χ0) is 24.2. The number of cyclic esters (lactones) is 4. The van der Waals surface area contributed by atoms with Gasteiger partial charge in [-0.1, -0.05) is 49.6 Å². The van der Waals surface area contributed by atoms with E-state index in [1.807, 2.05) is 24.3 Å². The van der Waals surface area contributed by atoms with E-state index in [4.69, 9.17) is 9.47 Å². The lowest BCUT2D eigenvalue weighted by molar-refractivity contribution is 0.0425. The molecule has 2 heterocycles. The zero-order valence-electron chi connectivity index (χ0n) is 18.1. The minimum absolute atomic E-state index is 0.162. The summed E-state index contributed by atoms with van der Waals surface area (Å²) in [7, 11) is 0. The van der Waals surface area contributed by atoms with Gasteiger partial charge in [-0.3, -0.25) is 0 Å². The topological polar surface area (TPSA) is 86.7 Å². The van der Waals surface area contributed by atoms with E-state index in [1.54, 1.807) is 36.4 Å². The quantitative estimate of drug-likeness (QED) is 0.407. The summed E-state index contributed by atoms with van der Waals surface area (Å²) < 4.78 is 9.75. The lowest BCUT2D eigenvalue weighted by atomic mass is 9.69. The van der Waals surface area contributed by atoms with Crippen LogP contribution in [-0.2, 0) is 14.9 Å². The molecule has 0 amide bonds. The number of rotatable bonds is 2. The van der Waals surface area contributed by atoms with Crippen molar-refractivity contribution < 1.29 is 28.7 Å². The highest BCUT2D eigenvalue weighted by atomic mass is 16.6. The Bertz CT molecular complexity index is 1620. The van der Waals surface area contributed by atoms with Crippen molar-refractivity contribution in [2.75, 3.05) is 0 Å². The van der Waals surface area contributed by atoms with Crippen LogP contribution in [0.15, 0.2) is 79.4 Å². The molecule has 2 aliphatic carbocycles. The third-order valence-corrected chi connectivity index (χ3v) is 7.39. The molecule has 0 saturated heterocycles. The third kappa shape index (κ3) is 2.06. The summed E-state index contributed by atoms with van der Waals surface area (Å²) in [6, 6.07) is 14.5. The number of ether oxygens (including phenoxy) is 2. The van der Waals surface area contributed by atoms with Crippen LogP contribution in [0.25, 0.3) is 16.7 Å². The smallest absolute Gasteiger partial charge is 0.346 e. The first kappa shape index (κ1) is 19.6. The highest BCUT2D eigenvalue weighted by molar-refractivity contribution is 6.18. The van der Waals surface area contributed by atoms with Crippen LogP contribution in [0.1, 0.15) is 63.7 Å². The Hall–Kier alpha value is -4.84. The molecular weight excluding hydrogens is 444 g/mol. The number of benzene rings is 3. The van der Waals surface area contributed by atoms with Crippen molar-refractivity contribution in [1.82, 2.24) is 0 Å². The first-order valence-corrected chi connectivity index (χ1v) is 10.9. The highest BCUT2D eigenvalue weighted by Crippen LogP contribution is 2.63. The fourth-order valence-electron chi connectivity index (χ4n) is 6.07. The van der Waals surface area contributed by atoms with Crippen LogP contribution in [0.2, 0.25) is 0 Å². The maximum atomic E-state index is 12.5. The third-order valence-electron chi connectivity index (χ3n) is 7.39. The number of hydrogen-bond acceptors (Lipinski definition) is 6. The second-order valence-corrected chi connectivity index (χ2v) is 8.77. The van der Waals surface area contributed by atoms with Crippen LogP contribution in [-0.4, -0.2) is 23.9 Å². The zero-order valence-corrected chi connectivity index (χ0v) is 18.1. The molecule has 0 saturated carbocycles. The molecule has 0 unspecified atom stereocenters. The van der Waals surface area contributed by atoms with Crippen molar-refractivity contribution in [3.8, 4) is 11.1 Å². The Morgan fingerprint density at radius 3 is 1.54 bits per heavy atom. The van der Waals surface area contributed by atoms with Gasteiger partial charge in [-0.15, -0.1) is 0 Å². The van der Waals surface area contributed by atoms with E-state index in [9.17, 15) is 19.2 Å². The number of esters is 4. The maximum Gasteiger partial charge on any atom is 0.346 e. The van der Waals surface area contributed by atoms with Gasteiger partial charge < -0.3 is 9.47 Å². The van der Waals surface area contributed by atoms with Crippen molar-refractivity contribution in [3.05, 3.63) is 124 Å². The second kappa shape index (κ2) is 6.18. The minimum atomic E-state index is -0.950. The molecule has 7 rings (SSSR count). The van der Waals surface area contributed by atoms with Crippen LogP contribution >= 0.6 is 0 Å². The van der Waals surface area contributed by atoms with Gasteiger partial charge in [-0.2, -0.15) is 0 Å². The molecule has 0 atom stereocenters. The van der Waals surface area contributed by atoms with Crippen molar-refractivity contribution in [1.29, 1.82) is 0 Å². The van der Waals surface area contributed by atoms with E-state index in [2.05, 4.69) is 13.2 Å². The van der Waals surface area contributed by atoms with Gasteiger partial charge in [0.15, 0.2) is 0 Å². The molecule has 35 heavy (non-hydrogen) atoms. The number of allylic oxidation sites excluding steroid dienone is 4. The average Bonchev–Trinajstić information content (AvgIpc) is 3.51. The first-order chi connectivity index (χ1) is 16.9. The maximum absolute atomic E-state index is 12.5. The molecule has 6 heteroatoms. The van der Waals surface area contributed by atoms with Crippen LogP contribution in [0.5, 0.6) is 0 Å². The number of carbonyl (C=O) groups excluding carboxylic acids is 4. The van der Waals surface area contributed by atoms with Crippen LogP contribution < -0.4 is 0 Å². The first-order valence-electron chi connectivity index (χ1n) is 10.9. The van der Waals surface area contributed by atoms with Crippen molar-refractivity contribution in [3.63, 3.8) is 0 Å². The van der Waals surface area contributed by atoms with Gasteiger partial charge >= 0.3 is 23.9 Å². The molecule has 0 N–H and O–H groups in total. The van der Waals surface area contributed by atoms with Crippen molar-refractivity contribution in [2.24, 2.45) is 0 Å². The summed E-state index contributed by atoms with van der Waals surface area (Å²) in [6.07, 6.45) is 3.52. The molecule has 0 fully saturated rings. The summed E-state index contributed by atoms with van der Waals surface area (Å²) in [6.45, 7) is 8.11. The minimum Gasteiger partial charge on any atom is -0.386 e. The van der Waals surface area contributed by atoms with Crippen molar-refractivity contribution in [2.45, 2.75) is 5.41 Å². The Morgan fingerprint density at radius 1 is 0.571 bits per heavy atom. The van der Waals surface area contributed by atoms with Gasteiger partial charge in [-0.25, -0.2) is 19.2 Å². The number of hydrogen-bond donors (Lipinski definition) is 0. The summed E-state index contributed by atoms with van der Waals surface area (Å²) in [5, 5.41) is 0. The molecule has 166 valence electrons. The molecule has 3 aromatic carbocycles. The Kier molecular flexibility index (Phi) is 3.46. The van der Waals surface area contributed by atoms with E-state index in [0.29, 0.717) is 11.1 Å². The number of fused-ring (bicyclic) bond motifs is 9. The normalized spacial score (nSPS) is 17.6. The largest absolute Gasteiger partial charge is 0.386 e. The molecule has 0 bridgehead atoms. The Labute approximate surface area is 198 Å². The Balaban J connectivity index is 1.71. The second-order valence-electron chi connectivity index (χ2n) is 8.77. The van der Waals surface area contributed by atoms with Crippen LogP contribution in [0.4, 0.5) is 0 Å². The summed E-state index contributed by atoms with van der Waals surface area (Å²) in [4.78, 5) is 49.8. The predicted octanol–water partition coefficient (Wildman–Crippen LogP) is 4.76. The summed E-state index contributed by atoms with van der Waals surface area (Å²) >= 11 is 0. The van der Waals surface area contributed by atoms with Gasteiger partial charge in [0.25, 0.3) is 0 Å². The monoisotopic (exact) mass is 458 g/mol. The van der Waals surface area contributed by atoms with Gasteiger partial charge in [0.1, 0.15) is 0 Å². The van der Waals surface area contributed by atoms with E-state index in [-0.39, 0.29) is 22.3 Å². The molecule has 2 aliphatic heterocycles. The fourth-order valence-corrected chi connectivity index (χ4v) is 6.07. The molecule has 0 aromatic heterocycles. The van der Waals surface area contributed by atoms with Gasteiger partial charge in [0.2, 0.25) is 0 Å². The van der Waals surface area contributed by atoms with E-state index in [1.165, 1.54) is 0 Å². The lowest BCUT2D eigenvalue weighted by Gasteiger charge is -2.31. The van der Waals surface area contributed by atoms with Crippen LogP contribution in [0.3, 0.4) is 0 Å². The van der Waals surface area contributed by atoms with E-state index >= 15 is 0 Å². The number of carbonyl (C=O) groups is 4. The molecule has 0 radical (unpaired) electrons. The van der Waals surface area contributed by atoms with Gasteiger partial charge in [0.05, 0.1) is 27.7 Å². The van der Waals surface area contributed by atoms with Crippen molar-refractivity contribution >= 4 is 29.5 Å². The van der Waals surface area contributed by atoms with E-state index < -0.39 is 29.3 Å². The fraction of sp³-hybridized carbons (Fsp3) is 0.0345. The predicted molar refractivity (Wildman–Crippen MR) is 125 cm³/mol. The molecule has 4 aliphatic rings. The van der Waals surface area contributed by atoms with Crippen LogP contribution in [0, 0.1) is 0 Å². The summed E-state index contributed by atoms with van der Waals surface area (Å²) in [5.74, 6) is -2.85. The highest BCUT2D eigenvalue weighted by Gasteiger charge is 2.54. The molecule has 6 nitrogen and oxygen atoms in total. The standard InChI is InChI=1S/C29H14O6/c1-3-13-14-7-5-6-8-22(14)29(21(13)4-2)23-11-19-17(25(30)34-27(19)32)9-15(23)16-10-18-20(12-24(16)29)28(33)35-26(18)31/h3-12H,1-2H2. The SMILES string of the molecule is C=CC1=C(C=C)C2(c3ccccc31)c1cc3c(cc1-c1cc4c(cc12)C(=O)OC4=O)C(=O)OC3=O. The molecular formula is C29H14O6. The van der Waals surface area contributed by atoms with E-state index in [0.717, 1.165) is 33.4 Å². The van der Waals surface area contributed by atoms with Gasteiger partial charge in [-0.05, 0) is 68.8 Å². The summed E-state index contributed by atoms with van der Waals surface area (Å²) in [5.41, 5.74) is 6.09. The average molecular weight is 458 g/mol. The molecule has 3 aromatic rings. The lowest BCUT2D eigenvalue weighted by Crippen LogP contribution is -2.27. The Morgan fingerprint density at radius 2 is 1.06 bits per heavy atom. The molecule has 1 spiro atoms. The van der Waals surface area contributed by atoms with Gasteiger partial charge in [0, 0.05) is 0 Å².